The molecule has 0 radical (unpaired) electrons. The summed E-state index contributed by atoms with van der Waals surface area (Å²) in [5.74, 6) is -1.57. The van der Waals surface area contributed by atoms with E-state index in [1.165, 1.54) is 29.3 Å². The van der Waals surface area contributed by atoms with Gasteiger partial charge in [0.2, 0.25) is 5.91 Å². The summed E-state index contributed by atoms with van der Waals surface area (Å²) in [5.41, 5.74) is 7.48. The number of nitrogens with one attached hydrogen (secondary N) is 2. The third kappa shape index (κ3) is 4.88. The number of primary amides is 1. The van der Waals surface area contributed by atoms with E-state index < -0.39 is 23.7 Å². The molecule has 2 aliphatic rings. The van der Waals surface area contributed by atoms with E-state index in [0.29, 0.717) is 11.3 Å². The fourth-order valence-electron chi connectivity index (χ4n) is 3.26. The fraction of sp³-hybridized carbons (Fsp3) is 0.273. The van der Waals surface area contributed by atoms with Crippen molar-refractivity contribution in [3.8, 4) is 0 Å². The Morgan fingerprint density at radius 1 is 1.03 bits per heavy atom. The van der Waals surface area contributed by atoms with Gasteiger partial charge in [-0.2, -0.15) is 5.10 Å². The van der Waals surface area contributed by atoms with E-state index in [0.717, 1.165) is 18.4 Å². The third-order valence-corrected chi connectivity index (χ3v) is 5.17. The highest BCUT2D eigenvalue weighted by atomic mass is 19.1. The average molecular weight is 423 g/mol. The Balaban J connectivity index is 1.38. The lowest BCUT2D eigenvalue weighted by molar-refractivity contribution is -0.119. The molecule has 9 heteroatoms. The number of carbonyl (C=O) groups excluding carboxylic acids is 3. The molecule has 1 atom stereocenters. The van der Waals surface area contributed by atoms with E-state index in [9.17, 15) is 18.8 Å². The van der Waals surface area contributed by atoms with E-state index in [4.69, 9.17) is 5.73 Å². The van der Waals surface area contributed by atoms with Crippen LogP contribution in [0.3, 0.4) is 0 Å². The number of hydrazone groups is 1. The monoisotopic (exact) mass is 423 g/mol. The molecule has 1 saturated carbocycles. The predicted octanol–water partition coefficient (Wildman–Crippen LogP) is 1.45. The van der Waals surface area contributed by atoms with Gasteiger partial charge in [0.15, 0.2) is 0 Å². The Kier molecular flexibility index (Phi) is 5.66. The van der Waals surface area contributed by atoms with E-state index >= 15 is 0 Å². The lowest BCUT2D eigenvalue weighted by Crippen LogP contribution is -2.39. The van der Waals surface area contributed by atoms with Crippen molar-refractivity contribution in [3.63, 3.8) is 0 Å². The molecule has 160 valence electrons. The van der Waals surface area contributed by atoms with Crippen molar-refractivity contribution in [1.29, 1.82) is 0 Å². The summed E-state index contributed by atoms with van der Waals surface area (Å²) in [5, 5.41) is 11.3. The second-order valence-electron chi connectivity index (χ2n) is 7.62. The molecule has 1 aliphatic heterocycles. The van der Waals surface area contributed by atoms with Crippen LogP contribution < -0.4 is 21.4 Å². The summed E-state index contributed by atoms with van der Waals surface area (Å²) < 4.78 is 13.2. The standard InChI is InChI=1S/C22H22FN5O3/c23-15-5-9-17(10-6-15)28-19(20(24)29)11-18(27-28)22(31)25-12-13-1-3-14(4-2-13)21(30)26-16-7-8-16/h1-6,9-10,16,19H,7-8,11-12H2,(H2,24,29)(H,25,31)(H,26,30). The number of amides is 3. The van der Waals surface area contributed by atoms with Gasteiger partial charge in [-0.25, -0.2) is 4.39 Å². The van der Waals surface area contributed by atoms with E-state index in [1.54, 1.807) is 24.3 Å². The van der Waals surface area contributed by atoms with Crippen LogP contribution in [0.1, 0.15) is 35.2 Å². The third-order valence-electron chi connectivity index (χ3n) is 5.17. The Morgan fingerprint density at radius 3 is 2.32 bits per heavy atom. The highest BCUT2D eigenvalue weighted by Gasteiger charge is 2.35. The van der Waals surface area contributed by atoms with Crippen molar-refractivity contribution in [1.82, 2.24) is 10.6 Å². The average Bonchev–Trinajstić information content (AvgIpc) is 3.46. The molecular formula is C22H22FN5O3. The zero-order chi connectivity index (χ0) is 22.0. The van der Waals surface area contributed by atoms with Gasteiger partial charge >= 0.3 is 0 Å². The predicted molar refractivity (Wildman–Crippen MR) is 113 cm³/mol. The van der Waals surface area contributed by atoms with Gasteiger partial charge in [-0.3, -0.25) is 19.4 Å². The van der Waals surface area contributed by atoms with Crippen LogP contribution >= 0.6 is 0 Å². The van der Waals surface area contributed by atoms with Gasteiger partial charge in [0.25, 0.3) is 11.8 Å². The van der Waals surface area contributed by atoms with Gasteiger partial charge in [-0.15, -0.1) is 0 Å². The molecule has 2 aromatic carbocycles. The Morgan fingerprint density at radius 2 is 1.71 bits per heavy atom. The van der Waals surface area contributed by atoms with Gasteiger partial charge in [-0.05, 0) is 54.8 Å². The zero-order valence-corrected chi connectivity index (χ0v) is 16.7. The van der Waals surface area contributed by atoms with Crippen LogP contribution in [0.2, 0.25) is 0 Å². The maximum atomic E-state index is 13.2. The summed E-state index contributed by atoms with van der Waals surface area (Å²) >= 11 is 0. The van der Waals surface area contributed by atoms with Gasteiger partial charge < -0.3 is 16.4 Å². The zero-order valence-electron chi connectivity index (χ0n) is 16.7. The summed E-state index contributed by atoms with van der Waals surface area (Å²) in [6, 6.07) is 11.9. The molecule has 8 nitrogen and oxygen atoms in total. The number of hydrogen-bond acceptors (Lipinski definition) is 5. The van der Waals surface area contributed by atoms with Crippen LogP contribution in [-0.2, 0) is 16.1 Å². The molecule has 0 spiro atoms. The first kappa shape index (κ1) is 20.5. The maximum absolute atomic E-state index is 13.2. The number of nitrogens with zero attached hydrogens (tertiary/aromatic N) is 2. The SMILES string of the molecule is NC(=O)C1CC(C(=O)NCc2ccc(C(=O)NC3CC3)cc2)=NN1c1ccc(F)cc1. The minimum atomic E-state index is -0.824. The first-order valence-electron chi connectivity index (χ1n) is 10.0. The molecule has 1 aliphatic carbocycles. The largest absolute Gasteiger partial charge is 0.368 e. The van der Waals surface area contributed by atoms with Crippen molar-refractivity contribution in [2.75, 3.05) is 5.01 Å². The molecule has 0 bridgehead atoms. The van der Waals surface area contributed by atoms with Crippen molar-refractivity contribution in [3.05, 3.63) is 65.5 Å². The van der Waals surface area contributed by atoms with Crippen LogP contribution in [0.25, 0.3) is 0 Å². The number of anilines is 1. The van der Waals surface area contributed by atoms with Gasteiger partial charge in [-0.1, -0.05) is 12.1 Å². The van der Waals surface area contributed by atoms with Crippen LogP contribution in [0, 0.1) is 5.82 Å². The lowest BCUT2D eigenvalue weighted by Gasteiger charge is -2.20. The number of rotatable bonds is 7. The van der Waals surface area contributed by atoms with Crippen molar-refractivity contribution < 1.29 is 18.8 Å². The number of hydrogen-bond donors (Lipinski definition) is 3. The minimum absolute atomic E-state index is 0.0544. The summed E-state index contributed by atoms with van der Waals surface area (Å²) in [4.78, 5) is 36.4. The van der Waals surface area contributed by atoms with E-state index in [2.05, 4.69) is 15.7 Å². The molecule has 1 fully saturated rings. The quantitative estimate of drug-likeness (QED) is 0.625. The number of nitrogens with two attached hydrogens (primary N) is 1. The Hall–Kier alpha value is -3.75. The fourth-order valence-corrected chi connectivity index (χ4v) is 3.26. The molecule has 4 rings (SSSR count). The molecule has 2 aromatic rings. The second-order valence-corrected chi connectivity index (χ2v) is 7.62. The van der Waals surface area contributed by atoms with Gasteiger partial charge in [0.05, 0.1) is 5.69 Å². The smallest absolute Gasteiger partial charge is 0.267 e. The number of carbonyl (C=O) groups is 3. The molecule has 0 saturated heterocycles. The van der Waals surface area contributed by atoms with E-state index in [-0.39, 0.29) is 30.6 Å². The van der Waals surface area contributed by atoms with Crippen LogP contribution in [0.15, 0.2) is 53.6 Å². The number of benzene rings is 2. The highest BCUT2D eigenvalue weighted by molar-refractivity contribution is 6.40. The van der Waals surface area contributed by atoms with Gasteiger partial charge in [0.1, 0.15) is 17.6 Å². The van der Waals surface area contributed by atoms with Crippen molar-refractivity contribution in [2.24, 2.45) is 10.8 Å². The molecular weight excluding hydrogens is 401 g/mol. The van der Waals surface area contributed by atoms with Gasteiger partial charge in [0, 0.05) is 24.6 Å². The normalized spacial score (nSPS) is 17.8. The Bertz CT molecular complexity index is 1030. The summed E-state index contributed by atoms with van der Waals surface area (Å²) in [7, 11) is 0. The molecule has 31 heavy (non-hydrogen) atoms. The maximum Gasteiger partial charge on any atom is 0.267 e. The van der Waals surface area contributed by atoms with Crippen molar-refractivity contribution >= 4 is 29.1 Å². The summed E-state index contributed by atoms with van der Waals surface area (Å²) in [6.07, 6.45) is 2.10. The molecule has 1 heterocycles. The lowest BCUT2D eigenvalue weighted by atomic mass is 10.1. The topological polar surface area (TPSA) is 117 Å². The van der Waals surface area contributed by atoms with E-state index in [1.807, 2.05) is 0 Å². The highest BCUT2D eigenvalue weighted by Crippen LogP contribution is 2.25. The van der Waals surface area contributed by atoms with Crippen LogP contribution in [-0.4, -0.2) is 35.5 Å². The molecule has 0 aromatic heterocycles. The Labute approximate surface area is 178 Å². The van der Waals surface area contributed by atoms with Crippen molar-refractivity contribution in [2.45, 2.75) is 37.9 Å². The first-order chi connectivity index (χ1) is 14.9. The minimum Gasteiger partial charge on any atom is -0.368 e. The first-order valence-corrected chi connectivity index (χ1v) is 10.0. The molecule has 4 N–H and O–H groups in total. The van der Waals surface area contributed by atoms with Crippen LogP contribution in [0.5, 0.6) is 0 Å². The number of halogens is 1. The van der Waals surface area contributed by atoms with Crippen LogP contribution in [0.4, 0.5) is 10.1 Å². The molecule has 1 unspecified atom stereocenters. The second kappa shape index (κ2) is 8.55. The summed E-state index contributed by atoms with van der Waals surface area (Å²) in [6.45, 7) is 0.236. The molecule has 3 amide bonds.